The van der Waals surface area contributed by atoms with Gasteiger partial charge in [-0.05, 0) is 135 Å². The number of aromatic nitrogens is 10. The van der Waals surface area contributed by atoms with Crippen LogP contribution in [0.3, 0.4) is 0 Å². The predicted molar refractivity (Wildman–Crippen MR) is 458 cm³/mol. The molecule has 5 aromatic carbocycles. The summed E-state index contributed by atoms with van der Waals surface area (Å²) in [7, 11) is 3.92. The summed E-state index contributed by atoms with van der Waals surface area (Å²) in [5, 5.41) is 20.5. The van der Waals surface area contributed by atoms with Crippen LogP contribution in [0.2, 0.25) is 0 Å². The van der Waals surface area contributed by atoms with Crippen LogP contribution in [0.5, 0.6) is 11.5 Å². The highest BCUT2D eigenvalue weighted by atomic mass is 16.6. The summed E-state index contributed by atoms with van der Waals surface area (Å²) in [6.45, 7) is 70.0. The lowest BCUT2D eigenvalue weighted by molar-refractivity contribution is 0.171. The molecule has 6 aromatic heterocycles. The summed E-state index contributed by atoms with van der Waals surface area (Å²) in [5.74, 6) is 5.29. The molecule has 7 heterocycles. The van der Waals surface area contributed by atoms with Gasteiger partial charge in [0.25, 0.3) is 0 Å². The Balaban J connectivity index is -0.000000345. The molecule has 1 aliphatic heterocycles. The molecular formula is C91H150N10O2. The molecule has 0 fully saturated rings. The highest BCUT2D eigenvalue weighted by Crippen LogP contribution is 2.33. The molecule has 0 unspecified atom stereocenters. The van der Waals surface area contributed by atoms with Gasteiger partial charge in [-0.1, -0.05) is 304 Å². The zero-order chi connectivity index (χ0) is 79.8. The fraction of sp³-hybridized carbons (Fsp3) is 0.495. The summed E-state index contributed by atoms with van der Waals surface area (Å²) < 4.78 is 18.6. The second-order valence-electron chi connectivity index (χ2n) is 24.0. The summed E-state index contributed by atoms with van der Waals surface area (Å²) in [6.07, 6.45) is 11.4. The first kappa shape index (κ1) is 103. The molecule has 11 aromatic rings. The van der Waals surface area contributed by atoms with E-state index >= 15 is 0 Å². The summed E-state index contributed by atoms with van der Waals surface area (Å²) in [4.78, 5) is 8.75. The van der Waals surface area contributed by atoms with Gasteiger partial charge >= 0.3 is 0 Å². The maximum atomic E-state index is 5.49. The van der Waals surface area contributed by atoms with Crippen LogP contribution < -0.4 is 9.47 Å². The quantitative estimate of drug-likeness (QED) is 0.155. The molecule has 12 rings (SSSR count). The fourth-order valence-corrected chi connectivity index (χ4v) is 8.36. The van der Waals surface area contributed by atoms with Crippen molar-refractivity contribution < 1.29 is 9.47 Å². The van der Waals surface area contributed by atoms with Crippen LogP contribution in [0.1, 0.15) is 298 Å². The normalized spacial score (nSPS) is 9.89. The van der Waals surface area contributed by atoms with Crippen LogP contribution in [0, 0.1) is 5.92 Å². The van der Waals surface area contributed by atoms with E-state index in [0.717, 1.165) is 34.3 Å². The van der Waals surface area contributed by atoms with Gasteiger partial charge in [-0.15, -0.1) is 0 Å². The van der Waals surface area contributed by atoms with Crippen molar-refractivity contribution in [3.8, 4) is 11.5 Å². The highest BCUT2D eigenvalue weighted by Gasteiger charge is 2.13. The Bertz CT molecular complexity index is 3530. The fourth-order valence-electron chi connectivity index (χ4n) is 8.36. The first-order valence-electron chi connectivity index (χ1n) is 39.0. The van der Waals surface area contributed by atoms with E-state index in [1.54, 1.807) is 6.20 Å². The first-order chi connectivity index (χ1) is 49.6. The molecule has 0 saturated heterocycles. The Morgan fingerprint density at radius 1 is 0.369 bits per heavy atom. The SMILES string of the molecule is CC.CC.CC.CC.CC.CC.CC.CC.CC(C)C.CC(C)c1ccc2c(c1)OCCO2.CC(C)c1ccc2ccccc2n1.CC(C)c1cccc2c1cnn2C.CC(C)c1ccccn1.CC(C)c1ccn(C)n1.CC(C)n1cccn1.CC(C)n1ncc2ccccc21.c1ccccc1. The predicted octanol–water partition coefficient (Wildman–Crippen LogP) is 28.0. The third kappa shape index (κ3) is 44.7. The minimum absolute atomic E-state index is 0.435. The van der Waals surface area contributed by atoms with Gasteiger partial charge in [0, 0.05) is 78.5 Å². The minimum Gasteiger partial charge on any atom is -0.486 e. The van der Waals surface area contributed by atoms with E-state index in [2.05, 4.69) is 215 Å². The first-order valence-corrected chi connectivity index (χ1v) is 39.0. The summed E-state index contributed by atoms with van der Waals surface area (Å²) in [5.41, 5.74) is 9.69. The molecule has 0 atom stereocenters. The van der Waals surface area contributed by atoms with Crippen molar-refractivity contribution in [1.82, 2.24) is 49.1 Å². The van der Waals surface area contributed by atoms with Gasteiger partial charge in [0.05, 0.1) is 34.6 Å². The maximum Gasteiger partial charge on any atom is 0.161 e. The van der Waals surface area contributed by atoms with E-state index in [-0.39, 0.29) is 0 Å². The average Bonchev–Trinajstić information content (AvgIpc) is 1.76. The van der Waals surface area contributed by atoms with Crippen LogP contribution in [-0.4, -0.2) is 62.3 Å². The Morgan fingerprint density at radius 3 is 1.30 bits per heavy atom. The molecular weight excluding hydrogens is 1270 g/mol. The summed E-state index contributed by atoms with van der Waals surface area (Å²) in [6, 6.07) is 56.2. The zero-order valence-electron chi connectivity index (χ0n) is 71.9. The molecule has 1 aliphatic rings. The van der Waals surface area contributed by atoms with Gasteiger partial charge in [-0.25, -0.2) is 0 Å². The molecule has 0 spiro atoms. The average molecular weight is 1420 g/mol. The largest absolute Gasteiger partial charge is 0.486 e. The second-order valence-corrected chi connectivity index (χ2v) is 24.0. The molecule has 0 aliphatic carbocycles. The summed E-state index contributed by atoms with van der Waals surface area (Å²) >= 11 is 0. The molecule has 12 heteroatoms. The zero-order valence-corrected chi connectivity index (χ0v) is 71.9. The highest BCUT2D eigenvalue weighted by molar-refractivity contribution is 5.83. The number of fused-ring (bicyclic) bond motifs is 4. The monoisotopic (exact) mass is 1420 g/mol. The number of benzene rings is 5. The van der Waals surface area contributed by atoms with Gasteiger partial charge in [-0.2, -0.15) is 20.4 Å². The molecule has 0 amide bonds. The van der Waals surface area contributed by atoms with Gasteiger partial charge in [0.15, 0.2) is 11.5 Å². The van der Waals surface area contributed by atoms with E-state index < -0.39 is 0 Å². The van der Waals surface area contributed by atoms with Crippen molar-refractivity contribution in [1.29, 1.82) is 0 Å². The number of aryl methyl sites for hydroxylation is 2. The number of hydrogen-bond acceptors (Lipinski definition) is 8. The lowest BCUT2D eigenvalue weighted by Gasteiger charge is -2.19. The Labute approximate surface area is 631 Å². The second kappa shape index (κ2) is 66.8. The van der Waals surface area contributed by atoms with E-state index in [0.29, 0.717) is 54.9 Å². The van der Waals surface area contributed by atoms with Crippen LogP contribution in [-0.2, 0) is 14.1 Å². The molecule has 576 valence electrons. The lowest BCUT2D eigenvalue weighted by atomic mass is 10.00. The van der Waals surface area contributed by atoms with Crippen LogP contribution in [0.4, 0.5) is 0 Å². The topological polar surface area (TPSA) is 116 Å². The number of pyridine rings is 2. The molecule has 0 bridgehead atoms. The number of para-hydroxylation sites is 2. The number of nitrogens with zero attached hydrogens (tertiary/aromatic N) is 10. The number of hydrogen-bond donors (Lipinski definition) is 0. The number of rotatable bonds is 7. The van der Waals surface area contributed by atoms with Crippen molar-refractivity contribution in [2.45, 2.75) is 270 Å². The van der Waals surface area contributed by atoms with E-state index in [1.165, 1.54) is 44.0 Å². The van der Waals surface area contributed by atoms with Crippen LogP contribution >= 0.6 is 0 Å². The standard InChI is InChI=1S/C12H13N.C11H14N2.C11H14O2.C10H12N2.C8H11N.C7H12N2.C6H10N2.C6H6.C4H10.8C2H6/c1-9(2)11-8-7-10-5-3-4-6-12(10)13-11;1-8(2)9-5-4-6-11-10(9)7-12-13(11)3;1-8(2)9-3-4-10-11(7-9)13-6-5-12-10;1-8(2)12-10-6-4-3-5-9(10)7-11-12;1-7(2)8-5-3-4-6-9-8;1-6(2)7-4-5-9(3)8-7;1-6(2)8-5-3-4-7-8;1-2-4-6-5-3-1;1-4(2)3;8*1-2/h3-9H,1-2H3;4-8H,1-3H3;3-4,7-8H,5-6H2,1-2H3;3-8H,1-2H3;3-7H,1-2H3;4-6H,1-3H3;3-6H,1-2H3;1-6H;4H,1-3H3;8*1-2H3. The molecule has 12 nitrogen and oxygen atoms in total. The van der Waals surface area contributed by atoms with Gasteiger partial charge in [-0.3, -0.25) is 28.7 Å². The van der Waals surface area contributed by atoms with Crippen LogP contribution in [0.25, 0.3) is 32.7 Å². The minimum atomic E-state index is 0.435. The van der Waals surface area contributed by atoms with Crippen molar-refractivity contribution in [3.63, 3.8) is 0 Å². The number of ether oxygens (including phenoxy) is 2. The molecule has 0 N–H and O–H groups in total. The Kier molecular flexibility index (Phi) is 67.0. The maximum absolute atomic E-state index is 5.49. The lowest BCUT2D eigenvalue weighted by Crippen LogP contribution is -2.15. The van der Waals surface area contributed by atoms with Crippen LogP contribution in [0.15, 0.2) is 201 Å². The van der Waals surface area contributed by atoms with E-state index in [1.807, 2.05) is 272 Å². The van der Waals surface area contributed by atoms with Crippen molar-refractivity contribution in [2.24, 2.45) is 20.0 Å². The van der Waals surface area contributed by atoms with Crippen molar-refractivity contribution in [3.05, 3.63) is 229 Å². The molecule has 103 heavy (non-hydrogen) atoms. The van der Waals surface area contributed by atoms with Gasteiger partial charge in [0.2, 0.25) is 0 Å². The smallest absolute Gasteiger partial charge is 0.161 e. The van der Waals surface area contributed by atoms with Crippen molar-refractivity contribution >= 4 is 32.7 Å². The van der Waals surface area contributed by atoms with Gasteiger partial charge < -0.3 is 9.47 Å². The molecule has 0 saturated carbocycles. The van der Waals surface area contributed by atoms with E-state index in [9.17, 15) is 0 Å². The molecule has 0 radical (unpaired) electrons. The third-order valence-electron chi connectivity index (χ3n) is 13.2. The van der Waals surface area contributed by atoms with E-state index in [4.69, 9.17) is 9.47 Å². The van der Waals surface area contributed by atoms with Crippen molar-refractivity contribution in [2.75, 3.05) is 13.2 Å². The Morgan fingerprint density at radius 2 is 0.874 bits per heavy atom. The Hall–Kier alpha value is -8.38. The third-order valence-corrected chi connectivity index (χ3v) is 13.2. The van der Waals surface area contributed by atoms with Gasteiger partial charge in [0.1, 0.15) is 13.2 Å².